The summed E-state index contributed by atoms with van der Waals surface area (Å²) in [7, 11) is 0. The van der Waals surface area contributed by atoms with Crippen LogP contribution >= 0.6 is 0 Å². The number of alkyl halides is 3. The standard InChI is InChI=1S/C24H23F3N2O5/c25-19-20(33-14-17-9-5-2-6-10-17)24(22(26)27,15-32-13-16-7-3-1-4-8-16)34-21(19)29-12-11-18(30)28-23(29)31/h1-12,19-22H,13-15H2,(H,28,30,31)/t19-,20+,21?,24-/m1/s1. The van der Waals surface area contributed by atoms with Gasteiger partial charge in [0.25, 0.3) is 12.0 Å². The molecule has 0 aliphatic carbocycles. The molecule has 4 atom stereocenters. The summed E-state index contributed by atoms with van der Waals surface area (Å²) in [6.45, 7) is -0.853. The van der Waals surface area contributed by atoms with Crippen LogP contribution in [0.15, 0.2) is 82.5 Å². The number of benzene rings is 2. The number of ether oxygens (including phenoxy) is 3. The molecule has 0 bridgehead atoms. The van der Waals surface area contributed by atoms with E-state index in [1.807, 2.05) is 4.98 Å². The summed E-state index contributed by atoms with van der Waals surface area (Å²) in [4.78, 5) is 25.6. The fraction of sp³-hybridized carbons (Fsp3) is 0.333. The predicted octanol–water partition coefficient (Wildman–Crippen LogP) is 3.21. The number of nitrogens with one attached hydrogen (secondary N) is 1. The van der Waals surface area contributed by atoms with Crippen molar-refractivity contribution in [2.24, 2.45) is 0 Å². The van der Waals surface area contributed by atoms with Crippen molar-refractivity contribution in [2.75, 3.05) is 6.61 Å². The Morgan fingerprint density at radius 1 is 0.971 bits per heavy atom. The van der Waals surface area contributed by atoms with Gasteiger partial charge in [0.1, 0.15) is 6.10 Å². The van der Waals surface area contributed by atoms with Gasteiger partial charge in [0.05, 0.1) is 19.8 Å². The average molecular weight is 476 g/mol. The minimum Gasteiger partial charge on any atom is -0.373 e. The summed E-state index contributed by atoms with van der Waals surface area (Å²) in [5.41, 5.74) is -2.82. The highest BCUT2D eigenvalue weighted by molar-refractivity contribution is 5.15. The van der Waals surface area contributed by atoms with Gasteiger partial charge in [-0.1, -0.05) is 60.7 Å². The molecular formula is C24H23F3N2O5. The Morgan fingerprint density at radius 2 is 1.59 bits per heavy atom. The molecule has 2 aromatic carbocycles. The van der Waals surface area contributed by atoms with Crippen LogP contribution in [0.4, 0.5) is 13.2 Å². The van der Waals surface area contributed by atoms with Crippen LogP contribution in [0.3, 0.4) is 0 Å². The fourth-order valence-corrected chi connectivity index (χ4v) is 3.86. The van der Waals surface area contributed by atoms with Crippen molar-refractivity contribution < 1.29 is 27.4 Å². The summed E-state index contributed by atoms with van der Waals surface area (Å²) in [5, 5.41) is 0. The van der Waals surface area contributed by atoms with Crippen molar-refractivity contribution in [1.82, 2.24) is 9.55 Å². The lowest BCUT2D eigenvalue weighted by Gasteiger charge is -2.33. The highest BCUT2D eigenvalue weighted by Gasteiger charge is 2.63. The maximum Gasteiger partial charge on any atom is 0.330 e. The van der Waals surface area contributed by atoms with E-state index in [2.05, 4.69) is 0 Å². The molecule has 10 heteroatoms. The molecule has 2 heterocycles. The second-order valence-electron chi connectivity index (χ2n) is 7.92. The van der Waals surface area contributed by atoms with Crippen molar-refractivity contribution >= 4 is 0 Å². The van der Waals surface area contributed by atoms with Crippen LogP contribution in [0.5, 0.6) is 0 Å². The van der Waals surface area contributed by atoms with Crippen LogP contribution in [0.2, 0.25) is 0 Å². The molecule has 180 valence electrons. The van der Waals surface area contributed by atoms with Gasteiger partial charge in [-0.2, -0.15) is 0 Å². The third-order valence-electron chi connectivity index (χ3n) is 5.59. The third-order valence-corrected chi connectivity index (χ3v) is 5.59. The Balaban J connectivity index is 1.63. The zero-order chi connectivity index (χ0) is 24.1. The number of halogens is 3. The molecule has 1 N–H and O–H groups in total. The molecule has 4 rings (SSSR count). The number of nitrogens with zero attached hydrogens (tertiary/aromatic N) is 1. The summed E-state index contributed by atoms with van der Waals surface area (Å²) in [6.07, 6.45) is -7.86. The Bertz CT molecular complexity index is 1190. The van der Waals surface area contributed by atoms with Gasteiger partial charge in [-0.15, -0.1) is 0 Å². The lowest BCUT2D eigenvalue weighted by molar-refractivity contribution is -0.215. The molecule has 0 spiro atoms. The number of hydrogen-bond donors (Lipinski definition) is 1. The second-order valence-corrected chi connectivity index (χ2v) is 7.92. The first-order valence-electron chi connectivity index (χ1n) is 10.6. The van der Waals surface area contributed by atoms with E-state index in [0.29, 0.717) is 5.56 Å². The Kier molecular flexibility index (Phi) is 7.30. The monoisotopic (exact) mass is 476 g/mol. The highest BCUT2D eigenvalue weighted by atomic mass is 19.3. The zero-order valence-electron chi connectivity index (χ0n) is 18.0. The Morgan fingerprint density at radius 3 is 2.18 bits per heavy atom. The van der Waals surface area contributed by atoms with Gasteiger partial charge >= 0.3 is 5.69 Å². The summed E-state index contributed by atoms with van der Waals surface area (Å²) in [5.74, 6) is 0. The van der Waals surface area contributed by atoms with Crippen LogP contribution < -0.4 is 11.2 Å². The largest absolute Gasteiger partial charge is 0.373 e. The van der Waals surface area contributed by atoms with E-state index in [1.54, 1.807) is 60.7 Å². The lowest BCUT2D eigenvalue weighted by atomic mass is 9.96. The normalized spacial score (nSPS) is 24.5. The summed E-state index contributed by atoms with van der Waals surface area (Å²) < 4.78 is 62.1. The van der Waals surface area contributed by atoms with Crippen molar-refractivity contribution in [3.8, 4) is 0 Å². The molecule has 1 aromatic heterocycles. The first-order valence-corrected chi connectivity index (χ1v) is 10.6. The van der Waals surface area contributed by atoms with Crippen LogP contribution in [0.1, 0.15) is 17.4 Å². The smallest absolute Gasteiger partial charge is 0.330 e. The van der Waals surface area contributed by atoms with Crippen molar-refractivity contribution in [2.45, 2.75) is 43.7 Å². The molecule has 1 unspecified atom stereocenters. The van der Waals surface area contributed by atoms with E-state index in [4.69, 9.17) is 14.2 Å². The minimum absolute atomic E-state index is 0.00962. The van der Waals surface area contributed by atoms with E-state index in [-0.39, 0.29) is 13.2 Å². The SMILES string of the molecule is O=c1ccn(C2O[C@@](COCc3ccccc3)(C(F)F)[C@@H](OCc3ccccc3)[C@H]2F)c(=O)[nH]1. The number of aromatic nitrogens is 2. The molecule has 34 heavy (non-hydrogen) atoms. The Hall–Kier alpha value is -3.21. The topological polar surface area (TPSA) is 82.5 Å². The van der Waals surface area contributed by atoms with Crippen LogP contribution in [-0.2, 0) is 27.4 Å². The van der Waals surface area contributed by atoms with Gasteiger partial charge in [0.2, 0.25) is 0 Å². The van der Waals surface area contributed by atoms with Gasteiger partial charge in [-0.25, -0.2) is 18.0 Å². The van der Waals surface area contributed by atoms with Gasteiger partial charge in [-0.3, -0.25) is 14.3 Å². The maximum atomic E-state index is 15.6. The van der Waals surface area contributed by atoms with Crippen molar-refractivity contribution in [1.29, 1.82) is 0 Å². The molecule has 1 aliphatic rings. The Labute approximate surface area is 192 Å². The van der Waals surface area contributed by atoms with E-state index in [9.17, 15) is 18.4 Å². The van der Waals surface area contributed by atoms with Crippen LogP contribution in [0, 0.1) is 0 Å². The molecule has 1 saturated heterocycles. The summed E-state index contributed by atoms with van der Waals surface area (Å²) >= 11 is 0. The van der Waals surface area contributed by atoms with Gasteiger partial charge in [0.15, 0.2) is 18.0 Å². The molecule has 1 aliphatic heterocycles. The molecular weight excluding hydrogens is 453 g/mol. The zero-order valence-corrected chi connectivity index (χ0v) is 18.0. The predicted molar refractivity (Wildman–Crippen MR) is 116 cm³/mol. The average Bonchev–Trinajstić information content (AvgIpc) is 3.11. The van der Waals surface area contributed by atoms with Gasteiger partial charge < -0.3 is 14.2 Å². The fourth-order valence-electron chi connectivity index (χ4n) is 3.86. The molecule has 7 nitrogen and oxygen atoms in total. The van der Waals surface area contributed by atoms with Crippen molar-refractivity contribution in [3.63, 3.8) is 0 Å². The minimum atomic E-state index is -3.20. The quantitative estimate of drug-likeness (QED) is 0.513. The lowest BCUT2D eigenvalue weighted by Crippen LogP contribution is -2.53. The number of hydrogen-bond acceptors (Lipinski definition) is 5. The number of rotatable bonds is 9. The highest BCUT2D eigenvalue weighted by Crippen LogP contribution is 2.44. The van der Waals surface area contributed by atoms with Gasteiger partial charge in [-0.05, 0) is 11.1 Å². The van der Waals surface area contributed by atoms with Crippen LogP contribution in [-0.4, -0.2) is 40.5 Å². The molecule has 3 aromatic rings. The van der Waals surface area contributed by atoms with Crippen LogP contribution in [0.25, 0.3) is 0 Å². The van der Waals surface area contributed by atoms with Crippen molar-refractivity contribution in [3.05, 3.63) is 105 Å². The van der Waals surface area contributed by atoms with E-state index in [0.717, 1.165) is 22.4 Å². The molecule has 0 amide bonds. The molecule has 0 radical (unpaired) electrons. The second kappa shape index (κ2) is 10.4. The molecule has 1 fully saturated rings. The molecule has 0 saturated carbocycles. The van der Waals surface area contributed by atoms with Gasteiger partial charge in [0, 0.05) is 12.3 Å². The maximum absolute atomic E-state index is 15.6. The first kappa shape index (κ1) is 23.9. The third kappa shape index (κ3) is 4.98. The first-order chi connectivity index (χ1) is 16.4. The van der Waals surface area contributed by atoms with E-state index < -0.39 is 48.4 Å². The number of aromatic amines is 1. The van der Waals surface area contributed by atoms with E-state index in [1.165, 1.54) is 0 Å². The number of H-pyrrole nitrogens is 1. The van der Waals surface area contributed by atoms with E-state index >= 15 is 4.39 Å². The summed E-state index contributed by atoms with van der Waals surface area (Å²) in [6, 6.07) is 18.5.